The molecule has 1 aliphatic heterocycles. The third-order valence-corrected chi connectivity index (χ3v) is 6.71. The van der Waals surface area contributed by atoms with Crippen LogP contribution in [0.1, 0.15) is 39.1 Å². The number of ether oxygens (including phenoxy) is 1. The van der Waals surface area contributed by atoms with E-state index in [0.717, 1.165) is 16.5 Å². The number of halogens is 3. The van der Waals surface area contributed by atoms with E-state index in [1.165, 1.54) is 24.3 Å². The Labute approximate surface area is 205 Å². The molecule has 1 fully saturated rings. The van der Waals surface area contributed by atoms with Crippen LogP contribution in [0.15, 0.2) is 47.5 Å². The average molecular weight is 506 g/mol. The maximum absolute atomic E-state index is 12.6. The number of fused-ring (bicyclic) bond motifs is 1. The quantitative estimate of drug-likeness (QED) is 0.223. The third kappa shape index (κ3) is 6.24. The summed E-state index contributed by atoms with van der Waals surface area (Å²) in [5, 5.41) is 5.52. The Morgan fingerprint density at radius 1 is 1.17 bits per heavy atom. The highest BCUT2D eigenvalue weighted by Crippen LogP contribution is 2.37. The number of thioether (sulfide) groups is 1. The standard InChI is InChI=1S/C25H26F3N3O3S/c1-16-10-22-19(11-21(16)23(32)4-3-9-34-2)15-31(29-22)14-17-12-30(13-17)24(33)18-5-7-20(8-6-18)35-25(26,27)28/h5-8,10-11,15,17H,3-4,9,12-14H2,1-2H3. The van der Waals surface area contributed by atoms with Crippen LogP contribution in [0, 0.1) is 12.8 Å². The Balaban J connectivity index is 1.34. The van der Waals surface area contributed by atoms with E-state index in [9.17, 15) is 22.8 Å². The first-order valence-electron chi connectivity index (χ1n) is 11.3. The van der Waals surface area contributed by atoms with Crippen molar-refractivity contribution in [2.45, 2.75) is 36.7 Å². The van der Waals surface area contributed by atoms with Gasteiger partial charge >= 0.3 is 5.51 Å². The number of amides is 1. The molecule has 0 saturated carbocycles. The number of likely N-dealkylation sites (tertiary alicyclic amines) is 1. The third-order valence-electron chi connectivity index (χ3n) is 5.98. The lowest BCUT2D eigenvalue weighted by atomic mass is 9.98. The molecule has 0 spiro atoms. The second-order valence-electron chi connectivity index (χ2n) is 8.74. The van der Waals surface area contributed by atoms with E-state index >= 15 is 0 Å². The van der Waals surface area contributed by atoms with Gasteiger partial charge in [0.2, 0.25) is 0 Å². The Hall–Kier alpha value is -2.85. The molecule has 6 nitrogen and oxygen atoms in total. The van der Waals surface area contributed by atoms with Crippen LogP contribution in [0.4, 0.5) is 13.2 Å². The minimum absolute atomic E-state index is 0.0522. The molecule has 10 heteroatoms. The number of hydrogen-bond donors (Lipinski definition) is 0. The van der Waals surface area contributed by atoms with E-state index in [1.807, 2.05) is 29.9 Å². The van der Waals surface area contributed by atoms with Gasteiger partial charge in [-0.25, -0.2) is 0 Å². The molecule has 1 aromatic heterocycles. The van der Waals surface area contributed by atoms with Gasteiger partial charge in [-0.05, 0) is 67.1 Å². The number of benzene rings is 2. The van der Waals surface area contributed by atoms with Crippen LogP contribution in [-0.2, 0) is 11.3 Å². The van der Waals surface area contributed by atoms with Gasteiger partial charge in [-0.3, -0.25) is 14.3 Å². The van der Waals surface area contributed by atoms with Gasteiger partial charge < -0.3 is 9.64 Å². The SMILES string of the molecule is COCCCC(=O)c1cc2cn(CC3CN(C(=O)c4ccc(SC(F)(F)F)cc4)C3)nc2cc1C. The zero-order valence-electron chi connectivity index (χ0n) is 19.5. The second kappa shape index (κ2) is 10.4. The van der Waals surface area contributed by atoms with E-state index in [2.05, 4.69) is 5.10 Å². The molecule has 2 heterocycles. The number of carbonyl (C=O) groups is 2. The van der Waals surface area contributed by atoms with E-state index in [0.29, 0.717) is 50.2 Å². The zero-order valence-corrected chi connectivity index (χ0v) is 20.3. The van der Waals surface area contributed by atoms with Gasteiger partial charge in [-0.2, -0.15) is 18.3 Å². The Kier molecular flexibility index (Phi) is 7.51. The number of rotatable bonds is 9. The summed E-state index contributed by atoms with van der Waals surface area (Å²) in [5.74, 6) is 0.125. The number of aryl methyl sites for hydroxylation is 1. The van der Waals surface area contributed by atoms with Crippen molar-refractivity contribution >= 4 is 34.4 Å². The molecule has 4 rings (SSSR count). The van der Waals surface area contributed by atoms with Crippen LogP contribution in [0.3, 0.4) is 0 Å². The molecule has 35 heavy (non-hydrogen) atoms. The first kappa shape index (κ1) is 25.2. The lowest BCUT2D eigenvalue weighted by molar-refractivity contribution is -0.0328. The van der Waals surface area contributed by atoms with Crippen LogP contribution in [-0.4, -0.2) is 58.7 Å². The molecule has 1 saturated heterocycles. The minimum Gasteiger partial charge on any atom is -0.385 e. The Morgan fingerprint density at radius 2 is 1.89 bits per heavy atom. The molecule has 0 aliphatic carbocycles. The van der Waals surface area contributed by atoms with Crippen molar-refractivity contribution in [1.29, 1.82) is 0 Å². The van der Waals surface area contributed by atoms with Crippen LogP contribution in [0.5, 0.6) is 0 Å². The molecular weight excluding hydrogens is 479 g/mol. The predicted molar refractivity (Wildman–Crippen MR) is 128 cm³/mol. The molecule has 0 bridgehead atoms. The van der Waals surface area contributed by atoms with E-state index in [4.69, 9.17) is 4.74 Å². The lowest BCUT2D eigenvalue weighted by Gasteiger charge is -2.39. The Morgan fingerprint density at radius 3 is 2.54 bits per heavy atom. The van der Waals surface area contributed by atoms with Gasteiger partial charge in [-0.1, -0.05) is 0 Å². The smallest absolute Gasteiger partial charge is 0.385 e. The van der Waals surface area contributed by atoms with Crippen LogP contribution in [0.2, 0.25) is 0 Å². The largest absolute Gasteiger partial charge is 0.446 e. The van der Waals surface area contributed by atoms with E-state index < -0.39 is 5.51 Å². The maximum atomic E-state index is 12.6. The number of Topliss-reactive ketones (excluding diaryl/α,β-unsaturated/α-hetero) is 1. The summed E-state index contributed by atoms with van der Waals surface area (Å²) in [5.41, 5.74) is -1.57. The van der Waals surface area contributed by atoms with Gasteiger partial charge in [0.1, 0.15) is 0 Å². The summed E-state index contributed by atoms with van der Waals surface area (Å²) in [6.07, 6.45) is 3.03. The molecule has 0 radical (unpaired) electrons. The predicted octanol–water partition coefficient (Wildman–Crippen LogP) is 5.34. The summed E-state index contributed by atoms with van der Waals surface area (Å²) in [6.45, 7) is 4.20. The highest BCUT2D eigenvalue weighted by atomic mass is 32.2. The van der Waals surface area contributed by atoms with Crippen molar-refractivity contribution in [2.24, 2.45) is 5.92 Å². The van der Waals surface area contributed by atoms with Crippen molar-refractivity contribution in [2.75, 3.05) is 26.8 Å². The van der Waals surface area contributed by atoms with Crippen molar-refractivity contribution in [1.82, 2.24) is 14.7 Å². The number of alkyl halides is 3. The molecular formula is C25H26F3N3O3S. The number of hydrogen-bond acceptors (Lipinski definition) is 5. The maximum Gasteiger partial charge on any atom is 0.446 e. The molecule has 1 amide bonds. The number of methoxy groups -OCH3 is 1. The molecule has 0 N–H and O–H groups in total. The van der Waals surface area contributed by atoms with E-state index in [-0.39, 0.29) is 34.3 Å². The summed E-state index contributed by atoms with van der Waals surface area (Å²) >= 11 is -0.198. The van der Waals surface area contributed by atoms with E-state index in [1.54, 1.807) is 12.0 Å². The van der Waals surface area contributed by atoms with Crippen LogP contribution < -0.4 is 0 Å². The summed E-state index contributed by atoms with van der Waals surface area (Å²) in [6, 6.07) is 9.31. The summed E-state index contributed by atoms with van der Waals surface area (Å²) in [4.78, 5) is 26.9. The lowest BCUT2D eigenvalue weighted by Crippen LogP contribution is -2.51. The van der Waals surface area contributed by atoms with Crippen molar-refractivity contribution in [3.05, 3.63) is 59.3 Å². The van der Waals surface area contributed by atoms with Gasteiger partial charge in [0, 0.05) is 73.3 Å². The second-order valence-corrected chi connectivity index (χ2v) is 9.88. The molecule has 2 aromatic carbocycles. The molecule has 186 valence electrons. The first-order valence-corrected chi connectivity index (χ1v) is 12.1. The van der Waals surface area contributed by atoms with Crippen LogP contribution >= 0.6 is 11.8 Å². The van der Waals surface area contributed by atoms with Gasteiger partial charge in [-0.15, -0.1) is 0 Å². The van der Waals surface area contributed by atoms with Crippen molar-refractivity contribution < 1.29 is 27.5 Å². The first-order chi connectivity index (χ1) is 16.6. The fourth-order valence-electron chi connectivity index (χ4n) is 4.23. The monoisotopic (exact) mass is 505 g/mol. The number of carbonyl (C=O) groups excluding carboxylic acids is 2. The topological polar surface area (TPSA) is 64.4 Å². The minimum atomic E-state index is -4.35. The Bertz CT molecular complexity index is 1220. The van der Waals surface area contributed by atoms with Gasteiger partial charge in [0.25, 0.3) is 5.91 Å². The van der Waals surface area contributed by atoms with Gasteiger partial charge in [0.05, 0.1) is 5.52 Å². The van der Waals surface area contributed by atoms with Gasteiger partial charge in [0.15, 0.2) is 5.78 Å². The average Bonchev–Trinajstić information content (AvgIpc) is 3.15. The molecule has 0 atom stereocenters. The molecule has 0 unspecified atom stereocenters. The zero-order chi connectivity index (χ0) is 25.2. The summed E-state index contributed by atoms with van der Waals surface area (Å²) < 4.78 is 44.3. The molecule has 1 aliphatic rings. The number of nitrogens with zero attached hydrogens (tertiary/aromatic N) is 3. The number of ketones is 1. The number of aromatic nitrogens is 2. The molecule has 3 aromatic rings. The normalized spacial score (nSPS) is 14.4. The highest BCUT2D eigenvalue weighted by molar-refractivity contribution is 8.00. The highest BCUT2D eigenvalue weighted by Gasteiger charge is 2.32. The van der Waals surface area contributed by atoms with Crippen LogP contribution in [0.25, 0.3) is 10.9 Å². The summed E-state index contributed by atoms with van der Waals surface area (Å²) in [7, 11) is 1.62. The van der Waals surface area contributed by atoms with Crippen molar-refractivity contribution in [3.8, 4) is 0 Å². The fourth-order valence-corrected chi connectivity index (χ4v) is 4.77. The fraction of sp³-hybridized carbons (Fsp3) is 0.400. The van der Waals surface area contributed by atoms with Crippen molar-refractivity contribution in [3.63, 3.8) is 0 Å².